The Bertz CT molecular complexity index is 1310. The van der Waals surface area contributed by atoms with Crippen LogP contribution in [0.4, 0.5) is 11.4 Å². The first kappa shape index (κ1) is 38.0. The Labute approximate surface area is 295 Å². The van der Waals surface area contributed by atoms with Gasteiger partial charge >= 0.3 is 242 Å². The average Bonchev–Trinajstić information content (AvgIpc) is 2.97. The number of ether oxygens (including phenoxy) is 1. The van der Waals surface area contributed by atoms with Gasteiger partial charge < -0.3 is 28.7 Å². The van der Waals surface area contributed by atoms with Crippen molar-refractivity contribution in [3.63, 3.8) is 0 Å². The molecular weight excluding hydrogens is 817 g/mol. The van der Waals surface area contributed by atoms with Crippen LogP contribution in [0.25, 0.3) is 5.57 Å². The molecule has 1 aliphatic rings. The van der Waals surface area contributed by atoms with Crippen molar-refractivity contribution in [2.24, 2.45) is 0 Å². The van der Waals surface area contributed by atoms with E-state index in [1.807, 2.05) is 13.8 Å². The van der Waals surface area contributed by atoms with Crippen molar-refractivity contribution >= 4 is 55.0 Å². The minimum absolute atomic E-state index is 0. The number of rotatable bonds is 9. The zero-order chi connectivity index (χ0) is 31.0. The Morgan fingerprint density at radius 2 is 1.12 bits per heavy atom. The molecule has 6 heteroatoms. The van der Waals surface area contributed by atoms with Gasteiger partial charge in [-0.15, -0.1) is 0 Å². The van der Waals surface area contributed by atoms with Crippen molar-refractivity contribution < 1.29 is 32.2 Å². The quantitative estimate of drug-likeness (QED) is 0.161. The Morgan fingerprint density at radius 1 is 0.674 bits per heavy atom. The predicted octanol–water partition coefficient (Wildman–Crippen LogP) is 7.92. The van der Waals surface area contributed by atoms with Crippen molar-refractivity contribution in [1.82, 2.24) is 0 Å². The van der Waals surface area contributed by atoms with Gasteiger partial charge in [0, 0.05) is 13.2 Å². The molecule has 0 N–H and O–H groups in total. The van der Waals surface area contributed by atoms with E-state index in [0.29, 0.717) is 23.7 Å². The van der Waals surface area contributed by atoms with Crippen LogP contribution in [0.3, 0.4) is 0 Å². The molecule has 1 aliphatic heterocycles. The Balaban J connectivity index is 0.000000993. The number of benzene rings is 3. The monoisotopic (exact) mass is 868 g/mol. The van der Waals surface area contributed by atoms with Crippen LogP contribution in [0, 0.1) is 0 Å². The summed E-state index contributed by atoms with van der Waals surface area (Å²) in [5.41, 5.74) is 11.1. The maximum atomic E-state index is 4.83. The van der Waals surface area contributed by atoms with Crippen molar-refractivity contribution in [3.05, 3.63) is 101 Å². The van der Waals surface area contributed by atoms with Crippen molar-refractivity contribution in [3.8, 4) is 0 Å². The third-order valence-corrected chi connectivity index (χ3v) is 15.2. The van der Waals surface area contributed by atoms with E-state index in [4.69, 9.17) is 4.74 Å². The van der Waals surface area contributed by atoms with Crippen LogP contribution in [0.5, 0.6) is 0 Å². The molecule has 3 aromatic carbocycles. The Hall–Kier alpha value is -1.15. The Kier molecular flexibility index (Phi) is 16.0. The Morgan fingerprint density at radius 3 is 1.51 bits per heavy atom. The van der Waals surface area contributed by atoms with E-state index in [2.05, 4.69) is 162 Å². The summed E-state index contributed by atoms with van der Waals surface area (Å²) in [7, 11) is 0. The second-order valence-electron chi connectivity index (χ2n) is 12.0. The molecule has 3 nitrogen and oxygen atoms in total. The molecule has 0 aliphatic carbocycles. The molecule has 1 atom stereocenters. The minimum Gasteiger partial charge on any atom is -1.00 e. The normalized spacial score (nSPS) is 14.9. The molecule has 43 heavy (non-hydrogen) atoms. The number of halogens is 2. The first-order valence-corrected chi connectivity index (χ1v) is 22.9. The van der Waals surface area contributed by atoms with Gasteiger partial charge in [0.15, 0.2) is 0 Å². The van der Waals surface area contributed by atoms with Gasteiger partial charge in [0.1, 0.15) is 0 Å². The number of hydrogen-bond acceptors (Lipinski definition) is 2. The molecular formula is C37H51AsI2N2O. The molecule has 0 fully saturated rings. The van der Waals surface area contributed by atoms with Crippen LogP contribution in [0.2, 0.25) is 0 Å². The molecule has 1 unspecified atom stereocenters. The molecule has 0 spiro atoms. The van der Waals surface area contributed by atoms with Crippen LogP contribution in [0.1, 0.15) is 121 Å². The topological polar surface area (TPSA) is 15.5 Å². The van der Waals surface area contributed by atoms with Gasteiger partial charge in [-0.2, -0.15) is 0 Å². The molecule has 0 amide bonds. The third kappa shape index (κ3) is 9.43. The number of nitrogens with zero attached hydrogens (tertiary/aromatic N) is 2. The van der Waals surface area contributed by atoms with Crippen LogP contribution in [0.15, 0.2) is 72.9 Å². The number of para-hydroxylation sites is 2. The van der Waals surface area contributed by atoms with Crippen LogP contribution >= 0.6 is 20.1 Å². The van der Waals surface area contributed by atoms with Gasteiger partial charge in [0.25, 0.3) is 0 Å². The standard InChI is InChI=1S/C33H41AsIN2.C4H10O.HI/c1-22(2)28-16-12-17-29(23(3)4)32(28)36-20-27(26-14-10-9-11-15-26)21-37(34(36)35)33-30(24(5)6)18-13-19-31(33)25(7)8;1-3-5-4-2;/h9-25H,1-8H3;3-4H2,1-2H3;1H/q+1;;/p-1. The molecule has 1 heterocycles. The van der Waals surface area contributed by atoms with Crippen LogP contribution < -0.4 is 27.8 Å². The number of hydrogen-bond donors (Lipinski definition) is 0. The van der Waals surface area contributed by atoms with E-state index in [0.717, 1.165) is 13.2 Å². The predicted molar refractivity (Wildman–Crippen MR) is 194 cm³/mol. The average molecular weight is 869 g/mol. The van der Waals surface area contributed by atoms with E-state index >= 15 is 0 Å². The molecule has 4 rings (SSSR count). The largest absolute Gasteiger partial charge is 1.00 e. The minimum atomic E-state index is -1.80. The van der Waals surface area contributed by atoms with Gasteiger partial charge in [0.2, 0.25) is 0 Å². The number of anilines is 1. The molecule has 0 bridgehead atoms. The maximum Gasteiger partial charge on any atom is 0.0437 e. The van der Waals surface area contributed by atoms with Gasteiger partial charge in [-0.1, -0.05) is 0 Å². The first-order valence-electron chi connectivity index (χ1n) is 15.5. The summed E-state index contributed by atoms with van der Waals surface area (Å²) in [6.07, 6.45) is 4.89. The summed E-state index contributed by atoms with van der Waals surface area (Å²) in [4.78, 5) is 0. The molecule has 0 saturated carbocycles. The SMILES string of the molecule is CC(C)c1cccc(C(C)C)c1N1C=C(c2ccccc2)C=[N+](c2c(C(C)C)cccc2C(C)C)[As]1I.CCOCC.[I-]. The molecule has 3 aromatic rings. The number of allylic oxidation sites excluding steroid dienone is 1. The van der Waals surface area contributed by atoms with E-state index < -0.39 is 11.8 Å². The third-order valence-electron chi connectivity index (χ3n) is 7.54. The van der Waals surface area contributed by atoms with Crippen molar-refractivity contribution in [1.29, 1.82) is 0 Å². The van der Waals surface area contributed by atoms with Gasteiger partial charge in [-0.3, -0.25) is 0 Å². The summed E-state index contributed by atoms with van der Waals surface area (Å²) in [5, 5.41) is 0. The molecule has 0 radical (unpaired) electrons. The van der Waals surface area contributed by atoms with E-state index in [1.54, 1.807) is 0 Å². The summed E-state index contributed by atoms with van der Waals surface area (Å²) < 4.78 is 10.2. The molecule has 0 saturated heterocycles. The fourth-order valence-electron chi connectivity index (χ4n) is 5.33. The smallest absolute Gasteiger partial charge is 0.0437 e. The van der Waals surface area contributed by atoms with Crippen molar-refractivity contribution in [2.45, 2.75) is 92.9 Å². The zero-order valence-electron chi connectivity index (χ0n) is 27.7. The summed E-state index contributed by atoms with van der Waals surface area (Å²) in [6, 6.07) is 24.7. The fourth-order valence-corrected chi connectivity index (χ4v) is 11.9. The van der Waals surface area contributed by atoms with Gasteiger partial charge in [-0.05, 0) is 13.8 Å². The van der Waals surface area contributed by atoms with Crippen molar-refractivity contribution in [2.75, 3.05) is 17.0 Å². The second kappa shape index (κ2) is 18.1. The van der Waals surface area contributed by atoms with Gasteiger partial charge in [0.05, 0.1) is 0 Å². The zero-order valence-corrected chi connectivity index (χ0v) is 33.9. The summed E-state index contributed by atoms with van der Waals surface area (Å²) in [6.45, 7) is 24.3. The second-order valence-corrected chi connectivity index (χ2v) is 19.3. The summed E-state index contributed by atoms with van der Waals surface area (Å²) >= 11 is 0.997. The maximum absolute atomic E-state index is 4.83. The fraction of sp³-hybridized carbons (Fsp3) is 0.432. The van der Waals surface area contributed by atoms with E-state index in [9.17, 15) is 0 Å². The van der Waals surface area contributed by atoms with E-state index in [1.165, 1.54) is 44.8 Å². The van der Waals surface area contributed by atoms with Crippen LogP contribution in [-0.2, 0) is 4.74 Å². The van der Waals surface area contributed by atoms with E-state index in [-0.39, 0.29) is 24.0 Å². The van der Waals surface area contributed by atoms with Crippen LogP contribution in [-0.4, -0.2) is 34.7 Å². The molecule has 0 aromatic heterocycles. The summed E-state index contributed by atoms with van der Waals surface area (Å²) in [5.74, 6) is 1.81. The first-order chi connectivity index (χ1) is 20.0. The molecule has 234 valence electrons. The van der Waals surface area contributed by atoms with Gasteiger partial charge in [-0.25, -0.2) is 0 Å².